The zero-order valence-corrected chi connectivity index (χ0v) is 15.0. The van der Waals surface area contributed by atoms with Crippen LogP contribution in [-0.2, 0) is 9.53 Å². The fraction of sp³-hybridized carbons (Fsp3) is 0.556. The Hall–Kier alpha value is -2.32. The van der Waals surface area contributed by atoms with Crippen LogP contribution in [-0.4, -0.2) is 69.4 Å². The summed E-state index contributed by atoms with van der Waals surface area (Å²) in [5, 5.41) is 6.07. The summed E-state index contributed by atoms with van der Waals surface area (Å²) >= 11 is 0. The summed E-state index contributed by atoms with van der Waals surface area (Å²) < 4.78 is 15.6. The van der Waals surface area contributed by atoms with Gasteiger partial charge in [0.1, 0.15) is 6.04 Å². The van der Waals surface area contributed by atoms with Gasteiger partial charge in [0, 0.05) is 38.9 Å². The number of carbonyl (C=O) groups is 2. The predicted octanol–water partition coefficient (Wildman–Crippen LogP) is 0.372. The minimum absolute atomic E-state index is 0.106. The fourth-order valence-corrected chi connectivity index (χ4v) is 3.17. The van der Waals surface area contributed by atoms with Crippen LogP contribution in [0.4, 0.5) is 0 Å². The maximum absolute atomic E-state index is 12.8. The number of ether oxygens (including phenoxy) is 3. The molecule has 0 aromatic heterocycles. The topological polar surface area (TPSA) is 89.1 Å². The van der Waals surface area contributed by atoms with Gasteiger partial charge in [-0.2, -0.15) is 0 Å². The maximum atomic E-state index is 12.8. The smallest absolute Gasteiger partial charge is 0.254 e. The third-order valence-electron chi connectivity index (χ3n) is 4.52. The van der Waals surface area contributed by atoms with Crippen molar-refractivity contribution in [2.75, 3.05) is 46.7 Å². The van der Waals surface area contributed by atoms with Crippen LogP contribution in [0.25, 0.3) is 0 Å². The second-order valence-electron chi connectivity index (χ2n) is 6.26. The van der Waals surface area contributed by atoms with Crippen molar-refractivity contribution in [3.8, 4) is 11.5 Å². The van der Waals surface area contributed by atoms with Gasteiger partial charge >= 0.3 is 0 Å². The first-order chi connectivity index (χ1) is 12.7. The lowest BCUT2D eigenvalue weighted by molar-refractivity contribution is -0.124. The number of likely N-dealkylation sites (tertiary alicyclic amines) is 1. The number of benzene rings is 1. The normalized spacial score (nSPS) is 18.2. The van der Waals surface area contributed by atoms with Gasteiger partial charge in [-0.1, -0.05) is 0 Å². The van der Waals surface area contributed by atoms with Crippen LogP contribution >= 0.6 is 0 Å². The quantitative estimate of drug-likeness (QED) is 0.649. The molecule has 2 aliphatic rings. The number of rotatable bonds is 8. The standard InChI is InChI=1S/C18H25N3O5/c1-24-10-8-19-6-7-20-17(22)14-3-2-9-21(14)18(23)13-4-5-15-16(11-13)26-12-25-15/h4-5,11,14,19H,2-3,6-10,12H2,1H3,(H,20,22). The van der Waals surface area contributed by atoms with Crippen LogP contribution in [0.15, 0.2) is 18.2 Å². The van der Waals surface area contributed by atoms with Crippen LogP contribution in [0.3, 0.4) is 0 Å². The van der Waals surface area contributed by atoms with Gasteiger partial charge in [-0.05, 0) is 31.0 Å². The van der Waals surface area contributed by atoms with Crippen molar-refractivity contribution in [3.63, 3.8) is 0 Å². The number of fused-ring (bicyclic) bond motifs is 1. The lowest BCUT2D eigenvalue weighted by Crippen LogP contribution is -2.47. The molecule has 8 nitrogen and oxygen atoms in total. The lowest BCUT2D eigenvalue weighted by Gasteiger charge is -2.24. The SMILES string of the molecule is COCCNCCNC(=O)C1CCCN1C(=O)c1ccc2c(c1)OCO2. The molecule has 1 fully saturated rings. The highest BCUT2D eigenvalue weighted by Crippen LogP contribution is 2.33. The molecule has 0 radical (unpaired) electrons. The molecule has 3 rings (SSSR count). The average Bonchev–Trinajstić information content (AvgIpc) is 3.32. The molecule has 2 heterocycles. The molecule has 1 saturated heterocycles. The van der Waals surface area contributed by atoms with E-state index in [1.54, 1.807) is 30.2 Å². The summed E-state index contributed by atoms with van der Waals surface area (Å²) in [5.74, 6) is 0.945. The van der Waals surface area contributed by atoms with Crippen molar-refractivity contribution in [1.82, 2.24) is 15.5 Å². The zero-order chi connectivity index (χ0) is 18.4. The van der Waals surface area contributed by atoms with E-state index in [0.717, 1.165) is 13.0 Å². The lowest BCUT2D eigenvalue weighted by atomic mass is 10.1. The molecular formula is C18H25N3O5. The molecule has 8 heteroatoms. The van der Waals surface area contributed by atoms with E-state index in [4.69, 9.17) is 14.2 Å². The van der Waals surface area contributed by atoms with E-state index in [0.29, 0.717) is 49.7 Å². The van der Waals surface area contributed by atoms with Crippen LogP contribution in [0.2, 0.25) is 0 Å². The monoisotopic (exact) mass is 363 g/mol. The molecule has 26 heavy (non-hydrogen) atoms. The Morgan fingerprint density at radius 3 is 2.92 bits per heavy atom. The van der Waals surface area contributed by atoms with Crippen LogP contribution in [0, 0.1) is 0 Å². The Morgan fingerprint density at radius 2 is 2.08 bits per heavy atom. The van der Waals surface area contributed by atoms with Gasteiger partial charge in [0.15, 0.2) is 11.5 Å². The number of amides is 2. The van der Waals surface area contributed by atoms with Gasteiger partial charge < -0.3 is 29.7 Å². The molecule has 1 aromatic rings. The molecule has 1 aromatic carbocycles. The fourth-order valence-electron chi connectivity index (χ4n) is 3.17. The second-order valence-corrected chi connectivity index (χ2v) is 6.26. The number of hydrogen-bond donors (Lipinski definition) is 2. The van der Waals surface area contributed by atoms with Gasteiger partial charge in [-0.15, -0.1) is 0 Å². The Balaban J connectivity index is 1.54. The van der Waals surface area contributed by atoms with Gasteiger partial charge in [0.25, 0.3) is 5.91 Å². The summed E-state index contributed by atoms with van der Waals surface area (Å²) in [5.41, 5.74) is 0.509. The van der Waals surface area contributed by atoms with E-state index in [2.05, 4.69) is 10.6 Å². The van der Waals surface area contributed by atoms with Crippen LogP contribution in [0.1, 0.15) is 23.2 Å². The Morgan fingerprint density at radius 1 is 1.23 bits per heavy atom. The van der Waals surface area contributed by atoms with Crippen molar-refractivity contribution < 1.29 is 23.8 Å². The highest BCUT2D eigenvalue weighted by Gasteiger charge is 2.34. The minimum atomic E-state index is -0.424. The Kier molecular flexibility index (Phi) is 6.30. The van der Waals surface area contributed by atoms with Crippen molar-refractivity contribution in [3.05, 3.63) is 23.8 Å². The molecule has 0 bridgehead atoms. The molecular weight excluding hydrogens is 338 g/mol. The first-order valence-electron chi connectivity index (χ1n) is 8.88. The maximum Gasteiger partial charge on any atom is 0.254 e. The molecule has 1 atom stereocenters. The number of methoxy groups -OCH3 is 1. The Labute approximate surface area is 152 Å². The Bertz CT molecular complexity index is 652. The van der Waals surface area contributed by atoms with Gasteiger partial charge in [0.05, 0.1) is 6.61 Å². The minimum Gasteiger partial charge on any atom is -0.454 e. The summed E-state index contributed by atoms with van der Waals surface area (Å²) in [6, 6.07) is 4.69. The largest absolute Gasteiger partial charge is 0.454 e. The van der Waals surface area contributed by atoms with Crippen LogP contribution in [0.5, 0.6) is 11.5 Å². The third-order valence-corrected chi connectivity index (χ3v) is 4.52. The first kappa shape index (κ1) is 18.5. The summed E-state index contributed by atoms with van der Waals surface area (Å²) in [4.78, 5) is 26.9. The second kappa shape index (κ2) is 8.86. The van der Waals surface area contributed by atoms with E-state index in [9.17, 15) is 9.59 Å². The summed E-state index contributed by atoms with van der Waals surface area (Å²) in [7, 11) is 1.65. The van der Waals surface area contributed by atoms with Crippen molar-refractivity contribution in [2.45, 2.75) is 18.9 Å². The van der Waals surface area contributed by atoms with Crippen LogP contribution < -0.4 is 20.1 Å². The van der Waals surface area contributed by atoms with E-state index < -0.39 is 6.04 Å². The number of nitrogens with zero attached hydrogens (tertiary/aromatic N) is 1. The first-order valence-corrected chi connectivity index (χ1v) is 8.88. The number of nitrogens with one attached hydrogen (secondary N) is 2. The molecule has 0 spiro atoms. The van der Waals surface area contributed by atoms with Crippen molar-refractivity contribution >= 4 is 11.8 Å². The predicted molar refractivity (Wildman–Crippen MR) is 94.4 cm³/mol. The molecule has 0 aliphatic carbocycles. The average molecular weight is 363 g/mol. The molecule has 2 aliphatic heterocycles. The molecule has 0 saturated carbocycles. The van der Waals surface area contributed by atoms with Gasteiger partial charge in [-0.25, -0.2) is 0 Å². The third kappa shape index (κ3) is 4.25. The molecule has 2 amide bonds. The van der Waals surface area contributed by atoms with E-state index in [1.807, 2.05) is 0 Å². The van der Waals surface area contributed by atoms with E-state index in [1.165, 1.54) is 0 Å². The van der Waals surface area contributed by atoms with Crippen molar-refractivity contribution in [2.24, 2.45) is 0 Å². The zero-order valence-electron chi connectivity index (χ0n) is 15.0. The van der Waals surface area contributed by atoms with Gasteiger partial charge in [0.2, 0.25) is 12.7 Å². The number of carbonyl (C=O) groups excluding carboxylic acids is 2. The highest BCUT2D eigenvalue weighted by molar-refractivity contribution is 5.98. The van der Waals surface area contributed by atoms with E-state index in [-0.39, 0.29) is 18.6 Å². The van der Waals surface area contributed by atoms with E-state index >= 15 is 0 Å². The molecule has 1 unspecified atom stereocenters. The molecule has 2 N–H and O–H groups in total. The van der Waals surface area contributed by atoms with Crippen molar-refractivity contribution in [1.29, 1.82) is 0 Å². The number of hydrogen-bond acceptors (Lipinski definition) is 6. The summed E-state index contributed by atoms with van der Waals surface area (Å²) in [6.07, 6.45) is 1.50. The van der Waals surface area contributed by atoms with Gasteiger partial charge in [-0.3, -0.25) is 9.59 Å². The highest BCUT2D eigenvalue weighted by atomic mass is 16.7. The molecule has 142 valence electrons. The summed E-state index contributed by atoms with van der Waals surface area (Å²) in [6.45, 7) is 3.31.